The number of benzene rings is 1. The molecule has 1 aromatic carbocycles. The summed E-state index contributed by atoms with van der Waals surface area (Å²) in [6.07, 6.45) is 0. The number of ether oxygens (including phenoxy) is 1. The summed E-state index contributed by atoms with van der Waals surface area (Å²) in [4.78, 5) is 21.4. The van der Waals surface area contributed by atoms with Gasteiger partial charge in [0.15, 0.2) is 0 Å². The number of carboxylic acids is 1. The second kappa shape index (κ2) is 5.50. The molecule has 0 bridgehead atoms. The molecule has 5 nitrogen and oxygen atoms in total. The molecular formula is C10H10BrNO4. The van der Waals surface area contributed by atoms with Gasteiger partial charge in [-0.15, -0.1) is 0 Å². The van der Waals surface area contributed by atoms with Crippen molar-refractivity contribution in [2.75, 3.05) is 11.9 Å². The van der Waals surface area contributed by atoms with E-state index >= 15 is 0 Å². The third kappa shape index (κ3) is 3.23. The standard InChI is InChI=1S/C10H10BrNO4/c1-2-16-8-5-6(11)3-4-7(8)12-9(13)10(14)15/h3-5H,2H2,1H3,(H,12,13)(H,14,15). The first-order chi connectivity index (χ1) is 7.54. The molecule has 1 amide bonds. The van der Waals surface area contributed by atoms with Crippen molar-refractivity contribution >= 4 is 33.5 Å². The maximum absolute atomic E-state index is 11.0. The van der Waals surface area contributed by atoms with Gasteiger partial charge >= 0.3 is 11.9 Å². The zero-order chi connectivity index (χ0) is 12.1. The van der Waals surface area contributed by atoms with E-state index in [-0.39, 0.29) is 0 Å². The van der Waals surface area contributed by atoms with Crippen molar-refractivity contribution in [3.63, 3.8) is 0 Å². The molecule has 0 spiro atoms. The van der Waals surface area contributed by atoms with Gasteiger partial charge in [-0.1, -0.05) is 15.9 Å². The van der Waals surface area contributed by atoms with Gasteiger partial charge in [0, 0.05) is 4.47 Å². The Morgan fingerprint density at radius 1 is 1.50 bits per heavy atom. The fourth-order valence-corrected chi connectivity index (χ4v) is 1.39. The van der Waals surface area contributed by atoms with Crippen LogP contribution in [0.15, 0.2) is 22.7 Å². The number of anilines is 1. The molecule has 0 saturated heterocycles. The summed E-state index contributed by atoms with van der Waals surface area (Å²) >= 11 is 3.25. The van der Waals surface area contributed by atoms with Crippen LogP contribution in [0.4, 0.5) is 5.69 Å². The lowest BCUT2D eigenvalue weighted by Gasteiger charge is -2.10. The van der Waals surface area contributed by atoms with Crippen LogP contribution in [-0.2, 0) is 9.59 Å². The second-order valence-corrected chi connectivity index (χ2v) is 3.75. The first kappa shape index (κ1) is 12.5. The summed E-state index contributed by atoms with van der Waals surface area (Å²) in [5.41, 5.74) is 0.331. The van der Waals surface area contributed by atoms with Crippen LogP contribution >= 0.6 is 15.9 Å². The van der Waals surface area contributed by atoms with E-state index in [0.29, 0.717) is 18.0 Å². The lowest BCUT2D eigenvalue weighted by Crippen LogP contribution is -2.22. The summed E-state index contributed by atoms with van der Waals surface area (Å²) in [5.74, 6) is -2.21. The summed E-state index contributed by atoms with van der Waals surface area (Å²) < 4.78 is 6.04. The minimum atomic E-state index is -1.54. The predicted molar refractivity (Wildman–Crippen MR) is 61.6 cm³/mol. The highest BCUT2D eigenvalue weighted by Gasteiger charge is 2.14. The summed E-state index contributed by atoms with van der Waals surface area (Å²) in [6.45, 7) is 2.22. The highest BCUT2D eigenvalue weighted by molar-refractivity contribution is 9.10. The largest absolute Gasteiger partial charge is 0.492 e. The maximum Gasteiger partial charge on any atom is 0.394 e. The van der Waals surface area contributed by atoms with Crippen LogP contribution in [-0.4, -0.2) is 23.6 Å². The third-order valence-corrected chi connectivity index (χ3v) is 2.18. The highest BCUT2D eigenvalue weighted by Crippen LogP contribution is 2.28. The molecule has 1 rings (SSSR count). The Morgan fingerprint density at radius 3 is 2.75 bits per heavy atom. The molecule has 86 valence electrons. The molecule has 0 aliphatic rings. The van der Waals surface area contributed by atoms with Crippen molar-refractivity contribution in [3.8, 4) is 5.75 Å². The van der Waals surface area contributed by atoms with Gasteiger partial charge in [-0.2, -0.15) is 0 Å². The van der Waals surface area contributed by atoms with Crippen LogP contribution in [0, 0.1) is 0 Å². The van der Waals surface area contributed by atoms with Crippen molar-refractivity contribution in [3.05, 3.63) is 22.7 Å². The third-order valence-electron chi connectivity index (χ3n) is 1.69. The van der Waals surface area contributed by atoms with Crippen molar-refractivity contribution in [2.24, 2.45) is 0 Å². The number of halogens is 1. The average molecular weight is 288 g/mol. The Morgan fingerprint density at radius 2 is 2.19 bits per heavy atom. The van der Waals surface area contributed by atoms with E-state index in [0.717, 1.165) is 4.47 Å². The molecule has 6 heteroatoms. The minimum Gasteiger partial charge on any atom is -0.492 e. The smallest absolute Gasteiger partial charge is 0.394 e. The summed E-state index contributed by atoms with van der Waals surface area (Å²) in [6, 6.07) is 4.90. The molecule has 0 aromatic heterocycles. The quantitative estimate of drug-likeness (QED) is 0.832. The van der Waals surface area contributed by atoms with E-state index in [1.54, 1.807) is 25.1 Å². The topological polar surface area (TPSA) is 75.6 Å². The molecule has 0 fully saturated rings. The Hall–Kier alpha value is -1.56. The van der Waals surface area contributed by atoms with Crippen LogP contribution in [0.5, 0.6) is 5.75 Å². The number of aliphatic carboxylic acids is 1. The number of amides is 1. The molecular weight excluding hydrogens is 278 g/mol. The molecule has 1 aromatic rings. The lowest BCUT2D eigenvalue weighted by molar-refractivity contribution is -0.147. The van der Waals surface area contributed by atoms with Gasteiger partial charge in [0.25, 0.3) is 0 Å². The van der Waals surface area contributed by atoms with Crippen molar-refractivity contribution < 1.29 is 19.4 Å². The summed E-state index contributed by atoms with van der Waals surface area (Å²) in [7, 11) is 0. The van der Waals surface area contributed by atoms with Gasteiger partial charge < -0.3 is 15.2 Å². The molecule has 0 aliphatic heterocycles. The van der Waals surface area contributed by atoms with Crippen LogP contribution < -0.4 is 10.1 Å². The molecule has 0 heterocycles. The number of hydrogen-bond acceptors (Lipinski definition) is 3. The second-order valence-electron chi connectivity index (χ2n) is 2.83. The lowest BCUT2D eigenvalue weighted by atomic mass is 10.3. The fourth-order valence-electron chi connectivity index (χ4n) is 1.05. The van der Waals surface area contributed by atoms with E-state index in [2.05, 4.69) is 21.2 Å². The van der Waals surface area contributed by atoms with Crippen LogP contribution in [0.25, 0.3) is 0 Å². The van der Waals surface area contributed by atoms with Gasteiger partial charge in [-0.25, -0.2) is 4.79 Å². The SMILES string of the molecule is CCOc1cc(Br)ccc1NC(=O)C(=O)O. The molecule has 2 N–H and O–H groups in total. The van der Waals surface area contributed by atoms with E-state index in [1.807, 2.05) is 0 Å². The first-order valence-electron chi connectivity index (χ1n) is 4.51. The van der Waals surface area contributed by atoms with Gasteiger partial charge in [0.2, 0.25) is 0 Å². The Kier molecular flexibility index (Phi) is 4.30. The maximum atomic E-state index is 11.0. The van der Waals surface area contributed by atoms with Gasteiger partial charge in [-0.3, -0.25) is 4.79 Å². The monoisotopic (exact) mass is 287 g/mol. The number of nitrogens with one attached hydrogen (secondary N) is 1. The van der Waals surface area contributed by atoms with Crippen LogP contribution in [0.3, 0.4) is 0 Å². The molecule has 0 saturated carbocycles. The van der Waals surface area contributed by atoms with Crippen molar-refractivity contribution in [1.29, 1.82) is 0 Å². The molecule has 0 unspecified atom stereocenters. The predicted octanol–water partition coefficient (Wildman–Crippen LogP) is 1.87. The van der Waals surface area contributed by atoms with Gasteiger partial charge in [0.1, 0.15) is 5.75 Å². The summed E-state index contributed by atoms with van der Waals surface area (Å²) in [5, 5.41) is 10.7. The zero-order valence-electron chi connectivity index (χ0n) is 8.49. The van der Waals surface area contributed by atoms with Crippen molar-refractivity contribution in [2.45, 2.75) is 6.92 Å². The Bertz CT molecular complexity index is 419. The Labute approximate surface area is 101 Å². The number of carbonyl (C=O) groups is 2. The van der Waals surface area contributed by atoms with E-state index in [9.17, 15) is 9.59 Å². The first-order valence-corrected chi connectivity index (χ1v) is 5.30. The molecule has 0 atom stereocenters. The van der Waals surface area contributed by atoms with E-state index in [4.69, 9.17) is 9.84 Å². The minimum absolute atomic E-state index is 0.331. The Balaban J connectivity index is 2.94. The zero-order valence-corrected chi connectivity index (χ0v) is 10.1. The molecule has 0 aliphatic carbocycles. The number of rotatable bonds is 3. The van der Waals surface area contributed by atoms with Gasteiger partial charge in [0.05, 0.1) is 12.3 Å². The molecule has 16 heavy (non-hydrogen) atoms. The van der Waals surface area contributed by atoms with Crippen molar-refractivity contribution in [1.82, 2.24) is 0 Å². The van der Waals surface area contributed by atoms with Gasteiger partial charge in [-0.05, 0) is 25.1 Å². The van der Waals surface area contributed by atoms with Crippen LogP contribution in [0.2, 0.25) is 0 Å². The van der Waals surface area contributed by atoms with Crippen LogP contribution in [0.1, 0.15) is 6.92 Å². The highest BCUT2D eigenvalue weighted by atomic mass is 79.9. The molecule has 0 radical (unpaired) electrons. The number of carboxylic acid groups (broad SMARTS) is 1. The fraction of sp³-hybridized carbons (Fsp3) is 0.200. The number of carbonyl (C=O) groups excluding carboxylic acids is 1. The van der Waals surface area contributed by atoms with E-state index in [1.165, 1.54) is 0 Å². The average Bonchev–Trinajstić information content (AvgIpc) is 2.22. The normalized spacial score (nSPS) is 9.62. The number of hydrogen-bond donors (Lipinski definition) is 2. The van der Waals surface area contributed by atoms with E-state index < -0.39 is 11.9 Å².